The first-order valence-corrected chi connectivity index (χ1v) is 8.28. The Morgan fingerprint density at radius 1 is 1.19 bits per heavy atom. The summed E-state index contributed by atoms with van der Waals surface area (Å²) in [6, 6.07) is 7.99. The van der Waals surface area contributed by atoms with Gasteiger partial charge in [0.1, 0.15) is 17.6 Å². The van der Waals surface area contributed by atoms with Crippen molar-refractivity contribution in [3.63, 3.8) is 0 Å². The molecule has 0 aliphatic heterocycles. The van der Waals surface area contributed by atoms with Gasteiger partial charge in [-0.2, -0.15) is 4.98 Å². The largest absolute Gasteiger partial charge is 0.370 e. The number of benzene rings is 1. The van der Waals surface area contributed by atoms with Crippen molar-refractivity contribution in [2.45, 2.75) is 18.4 Å². The topological polar surface area (TPSA) is 95.6 Å². The van der Waals surface area contributed by atoms with Crippen molar-refractivity contribution < 1.29 is 9.26 Å². The molecule has 0 radical (unpaired) electrons. The number of aromatic nitrogens is 7. The average Bonchev–Trinajstić information content (AvgIpc) is 3.09. The van der Waals surface area contributed by atoms with E-state index in [2.05, 4.69) is 25.3 Å². The maximum absolute atomic E-state index is 5.53. The molecule has 0 bridgehead atoms. The molecule has 1 aromatic carbocycles. The van der Waals surface area contributed by atoms with Crippen LogP contribution in [0.3, 0.4) is 0 Å². The Kier molecular flexibility index (Phi) is 2.48. The van der Waals surface area contributed by atoms with Gasteiger partial charge in [0.25, 0.3) is 5.89 Å². The number of imidazole rings is 1. The third-order valence-corrected chi connectivity index (χ3v) is 5.04. The Morgan fingerprint density at radius 2 is 2.08 bits per heavy atom. The van der Waals surface area contributed by atoms with E-state index in [4.69, 9.17) is 9.26 Å². The summed E-state index contributed by atoms with van der Waals surface area (Å²) in [5.41, 5.74) is 2.14. The monoisotopic (exact) mass is 347 g/mol. The van der Waals surface area contributed by atoms with Crippen molar-refractivity contribution >= 4 is 22.2 Å². The Balaban J connectivity index is 1.66. The molecule has 1 fully saturated rings. The number of fused-ring (bicyclic) bond motifs is 6. The third-order valence-electron chi connectivity index (χ3n) is 5.04. The van der Waals surface area contributed by atoms with Gasteiger partial charge in [-0.1, -0.05) is 17.3 Å². The van der Waals surface area contributed by atoms with Crippen molar-refractivity contribution in [3.8, 4) is 11.7 Å². The first kappa shape index (κ1) is 13.9. The molecular formula is C17H13N7O2. The molecule has 9 nitrogen and oxygen atoms in total. The summed E-state index contributed by atoms with van der Waals surface area (Å²) >= 11 is 0. The highest BCUT2D eigenvalue weighted by atomic mass is 16.5. The average molecular weight is 347 g/mol. The van der Waals surface area contributed by atoms with E-state index in [1.54, 1.807) is 19.6 Å². The molecule has 26 heavy (non-hydrogen) atoms. The normalized spacial score (nSPS) is 16.0. The molecule has 5 aromatic rings. The van der Waals surface area contributed by atoms with E-state index in [9.17, 15) is 0 Å². The number of hydrogen-bond acceptors (Lipinski definition) is 7. The fourth-order valence-corrected chi connectivity index (χ4v) is 3.46. The molecule has 0 amide bonds. The molecule has 128 valence electrons. The van der Waals surface area contributed by atoms with Gasteiger partial charge in [0, 0.05) is 12.5 Å². The smallest absolute Gasteiger partial charge is 0.296 e. The molecule has 0 spiro atoms. The highest BCUT2D eigenvalue weighted by Crippen LogP contribution is 2.47. The molecule has 0 atom stereocenters. The van der Waals surface area contributed by atoms with Crippen LogP contribution in [0.4, 0.5) is 0 Å². The van der Waals surface area contributed by atoms with E-state index in [1.807, 2.05) is 33.1 Å². The molecular weight excluding hydrogens is 334 g/mol. The second-order valence-electron chi connectivity index (χ2n) is 6.44. The van der Waals surface area contributed by atoms with Crippen molar-refractivity contribution in [3.05, 3.63) is 42.6 Å². The van der Waals surface area contributed by atoms with Crippen molar-refractivity contribution in [2.75, 3.05) is 7.11 Å². The van der Waals surface area contributed by atoms with Gasteiger partial charge in [-0.3, -0.25) is 8.80 Å². The van der Waals surface area contributed by atoms with Crippen LogP contribution in [-0.4, -0.2) is 41.2 Å². The zero-order chi connectivity index (χ0) is 17.3. The standard InChI is InChI=1S/C17H13N7O2/c1-25-17(6-7-17)16-19-15(26-22-16)14-21-20-13-10-4-2-3-5-11(10)23-9-18-8-12(23)24(13)14/h2-5,8-9H,6-7H2,1H3. The van der Waals surface area contributed by atoms with E-state index < -0.39 is 5.60 Å². The van der Waals surface area contributed by atoms with Crippen LogP contribution < -0.4 is 0 Å². The Labute approximate surface area is 146 Å². The minimum absolute atomic E-state index is 0.314. The van der Waals surface area contributed by atoms with Crippen LogP contribution in [-0.2, 0) is 10.3 Å². The Hall–Kier alpha value is -3.33. The number of methoxy groups -OCH3 is 1. The van der Waals surface area contributed by atoms with Gasteiger partial charge in [-0.15, -0.1) is 10.2 Å². The zero-order valence-electron chi connectivity index (χ0n) is 13.8. The van der Waals surface area contributed by atoms with Gasteiger partial charge in [-0.25, -0.2) is 4.98 Å². The van der Waals surface area contributed by atoms with E-state index in [1.165, 1.54) is 0 Å². The van der Waals surface area contributed by atoms with Crippen molar-refractivity contribution in [2.24, 2.45) is 0 Å². The number of rotatable bonds is 3. The van der Waals surface area contributed by atoms with Gasteiger partial charge in [0.15, 0.2) is 5.65 Å². The summed E-state index contributed by atoms with van der Waals surface area (Å²) in [5, 5.41) is 13.8. The van der Waals surface area contributed by atoms with Crippen molar-refractivity contribution in [1.82, 2.24) is 34.1 Å². The first-order chi connectivity index (χ1) is 12.8. The zero-order valence-corrected chi connectivity index (χ0v) is 13.8. The molecule has 6 rings (SSSR count). The highest BCUT2D eigenvalue weighted by molar-refractivity contribution is 5.94. The summed E-state index contributed by atoms with van der Waals surface area (Å²) in [4.78, 5) is 8.81. The van der Waals surface area contributed by atoms with Gasteiger partial charge < -0.3 is 9.26 Å². The SMILES string of the molecule is COC1(c2noc(-c3nnc4c5ccccc5n5cncc5n34)n2)CC1. The number of nitrogens with zero attached hydrogens (tertiary/aromatic N) is 7. The van der Waals surface area contributed by atoms with Crippen LogP contribution in [0.2, 0.25) is 0 Å². The molecule has 9 heteroatoms. The lowest BCUT2D eigenvalue weighted by atomic mass is 10.2. The summed E-state index contributed by atoms with van der Waals surface area (Å²) < 4.78 is 14.9. The van der Waals surface area contributed by atoms with Crippen LogP contribution in [0.15, 0.2) is 41.3 Å². The molecule has 1 aliphatic rings. The fourth-order valence-electron chi connectivity index (χ4n) is 3.46. The molecule has 1 saturated carbocycles. The van der Waals surface area contributed by atoms with Crippen LogP contribution in [0.25, 0.3) is 33.9 Å². The second kappa shape index (κ2) is 4.64. The number of para-hydroxylation sites is 1. The maximum atomic E-state index is 5.53. The summed E-state index contributed by atoms with van der Waals surface area (Å²) in [7, 11) is 1.66. The lowest BCUT2D eigenvalue weighted by Gasteiger charge is -2.06. The van der Waals surface area contributed by atoms with Crippen molar-refractivity contribution in [1.29, 1.82) is 0 Å². The molecule has 0 saturated heterocycles. The summed E-state index contributed by atoms with van der Waals surface area (Å²) in [5.74, 6) is 1.35. The van der Waals surface area contributed by atoms with E-state index in [0.29, 0.717) is 17.5 Å². The first-order valence-electron chi connectivity index (χ1n) is 8.28. The fraction of sp³-hybridized carbons (Fsp3) is 0.235. The molecule has 4 aromatic heterocycles. The minimum atomic E-state index is -0.416. The lowest BCUT2D eigenvalue weighted by molar-refractivity contribution is 0.0689. The van der Waals surface area contributed by atoms with Crippen LogP contribution in [0.5, 0.6) is 0 Å². The minimum Gasteiger partial charge on any atom is -0.370 e. The quantitative estimate of drug-likeness (QED) is 0.494. The summed E-state index contributed by atoms with van der Waals surface area (Å²) in [6.45, 7) is 0. The van der Waals surface area contributed by atoms with Gasteiger partial charge in [0.2, 0.25) is 11.6 Å². The van der Waals surface area contributed by atoms with Crippen LogP contribution in [0, 0.1) is 0 Å². The van der Waals surface area contributed by atoms with Gasteiger partial charge >= 0.3 is 0 Å². The van der Waals surface area contributed by atoms with E-state index >= 15 is 0 Å². The molecule has 4 heterocycles. The maximum Gasteiger partial charge on any atom is 0.296 e. The molecule has 0 unspecified atom stereocenters. The third kappa shape index (κ3) is 1.65. The summed E-state index contributed by atoms with van der Waals surface area (Å²) in [6.07, 6.45) is 5.31. The van der Waals surface area contributed by atoms with Crippen LogP contribution in [0.1, 0.15) is 18.7 Å². The molecule has 1 aliphatic carbocycles. The lowest BCUT2D eigenvalue weighted by Crippen LogP contribution is -2.10. The van der Waals surface area contributed by atoms with Gasteiger partial charge in [-0.05, 0) is 25.0 Å². The van der Waals surface area contributed by atoms with E-state index in [-0.39, 0.29) is 0 Å². The predicted molar refractivity (Wildman–Crippen MR) is 90.5 cm³/mol. The number of hydrogen-bond donors (Lipinski definition) is 0. The Morgan fingerprint density at radius 3 is 2.92 bits per heavy atom. The van der Waals surface area contributed by atoms with E-state index in [0.717, 1.165) is 35.0 Å². The highest BCUT2D eigenvalue weighted by Gasteiger charge is 2.49. The second-order valence-corrected chi connectivity index (χ2v) is 6.44. The van der Waals surface area contributed by atoms with Gasteiger partial charge in [0.05, 0.1) is 11.7 Å². The van der Waals surface area contributed by atoms with Crippen LogP contribution >= 0.6 is 0 Å². The Bertz CT molecular complexity index is 1290. The number of ether oxygens (including phenoxy) is 1. The predicted octanol–water partition coefficient (Wildman–Crippen LogP) is 2.22. The molecule has 0 N–H and O–H groups in total.